The largest absolute Gasteiger partial charge is 0.335 e. The normalized spacial score (nSPS) is 16.9. The van der Waals surface area contributed by atoms with Crippen LogP contribution in [-0.2, 0) is 11.3 Å². The van der Waals surface area contributed by atoms with Gasteiger partial charge in [-0.3, -0.25) is 4.79 Å². The van der Waals surface area contributed by atoms with Crippen molar-refractivity contribution in [3.8, 4) is 0 Å². The maximum Gasteiger partial charge on any atom is 0.222 e. The minimum Gasteiger partial charge on any atom is -0.335 e. The molecule has 5 heteroatoms. The van der Waals surface area contributed by atoms with Gasteiger partial charge in [0.1, 0.15) is 10.4 Å². The van der Waals surface area contributed by atoms with Gasteiger partial charge in [0.2, 0.25) is 5.91 Å². The number of likely N-dealkylation sites (tertiary alicyclic amines) is 1. The summed E-state index contributed by atoms with van der Waals surface area (Å²) in [5.74, 6) is 0.907. The van der Waals surface area contributed by atoms with Gasteiger partial charge in [-0.05, 0) is 34.8 Å². The number of aromatic nitrogens is 2. The molecule has 1 saturated heterocycles. The molecular formula is C10H12BrN3O. The van der Waals surface area contributed by atoms with E-state index in [1.807, 2.05) is 4.90 Å². The third kappa shape index (κ3) is 2.75. The van der Waals surface area contributed by atoms with Gasteiger partial charge < -0.3 is 4.90 Å². The Hall–Kier alpha value is -0.970. The van der Waals surface area contributed by atoms with E-state index in [9.17, 15) is 4.79 Å². The van der Waals surface area contributed by atoms with Crippen LogP contribution in [0.2, 0.25) is 0 Å². The number of nitrogens with zero attached hydrogens (tertiary/aromatic N) is 3. The molecule has 80 valence electrons. The van der Waals surface area contributed by atoms with Gasteiger partial charge in [0.15, 0.2) is 0 Å². The fourth-order valence-electron chi connectivity index (χ4n) is 1.65. The van der Waals surface area contributed by atoms with Crippen molar-refractivity contribution in [3.05, 3.63) is 22.7 Å². The van der Waals surface area contributed by atoms with E-state index in [1.54, 1.807) is 12.3 Å². The highest BCUT2D eigenvalue weighted by Crippen LogP contribution is 2.13. The second-order valence-electron chi connectivity index (χ2n) is 3.57. The van der Waals surface area contributed by atoms with Gasteiger partial charge in [-0.25, -0.2) is 9.97 Å². The zero-order valence-electron chi connectivity index (χ0n) is 8.32. The fraction of sp³-hybridized carbons (Fsp3) is 0.500. The Morgan fingerprint density at radius 1 is 1.47 bits per heavy atom. The average Bonchev–Trinajstić information content (AvgIpc) is 2.22. The summed E-state index contributed by atoms with van der Waals surface area (Å²) in [6.07, 6.45) is 4.45. The lowest BCUT2D eigenvalue weighted by molar-refractivity contribution is -0.134. The zero-order valence-corrected chi connectivity index (χ0v) is 9.90. The highest BCUT2D eigenvalue weighted by molar-refractivity contribution is 9.10. The molecule has 0 saturated carbocycles. The molecule has 1 aromatic rings. The maximum absolute atomic E-state index is 11.5. The molecule has 1 amide bonds. The highest BCUT2D eigenvalue weighted by atomic mass is 79.9. The molecule has 1 aliphatic rings. The molecular weight excluding hydrogens is 258 g/mol. The molecule has 0 bridgehead atoms. The van der Waals surface area contributed by atoms with Crippen LogP contribution in [0.4, 0.5) is 0 Å². The van der Waals surface area contributed by atoms with E-state index in [0.717, 1.165) is 24.0 Å². The molecule has 1 aliphatic heterocycles. The molecule has 1 aromatic heterocycles. The molecule has 0 atom stereocenters. The quantitative estimate of drug-likeness (QED) is 0.769. The molecule has 2 rings (SSSR count). The smallest absolute Gasteiger partial charge is 0.222 e. The minimum absolute atomic E-state index is 0.213. The number of hydrogen-bond donors (Lipinski definition) is 0. The summed E-state index contributed by atoms with van der Waals surface area (Å²) in [7, 11) is 0. The number of carbonyl (C=O) groups excluding carboxylic acids is 1. The zero-order chi connectivity index (χ0) is 10.7. The minimum atomic E-state index is 0.213. The molecule has 15 heavy (non-hydrogen) atoms. The third-order valence-corrected chi connectivity index (χ3v) is 2.87. The number of piperidine rings is 1. The van der Waals surface area contributed by atoms with Gasteiger partial charge in [-0.15, -0.1) is 0 Å². The lowest BCUT2D eigenvalue weighted by atomic mass is 10.1. The summed E-state index contributed by atoms with van der Waals surface area (Å²) in [4.78, 5) is 21.7. The van der Waals surface area contributed by atoms with Crippen molar-refractivity contribution < 1.29 is 4.79 Å². The van der Waals surface area contributed by atoms with Crippen molar-refractivity contribution in [2.45, 2.75) is 25.8 Å². The first-order valence-electron chi connectivity index (χ1n) is 5.01. The fourth-order valence-corrected chi connectivity index (χ4v) is 1.97. The van der Waals surface area contributed by atoms with E-state index >= 15 is 0 Å². The van der Waals surface area contributed by atoms with Crippen LogP contribution in [0.1, 0.15) is 25.1 Å². The third-order valence-electron chi connectivity index (χ3n) is 2.43. The van der Waals surface area contributed by atoms with E-state index in [-0.39, 0.29) is 5.91 Å². The number of halogens is 1. The molecule has 0 aliphatic carbocycles. The second-order valence-corrected chi connectivity index (χ2v) is 4.38. The van der Waals surface area contributed by atoms with Gasteiger partial charge in [0.05, 0.1) is 6.54 Å². The number of rotatable bonds is 2. The van der Waals surface area contributed by atoms with Crippen LogP contribution in [0.5, 0.6) is 0 Å². The number of amides is 1. The highest BCUT2D eigenvalue weighted by Gasteiger charge is 2.18. The summed E-state index contributed by atoms with van der Waals surface area (Å²) < 4.78 is 0.761. The maximum atomic E-state index is 11.5. The Morgan fingerprint density at radius 2 is 2.33 bits per heavy atom. The van der Waals surface area contributed by atoms with E-state index in [1.165, 1.54) is 0 Å². The van der Waals surface area contributed by atoms with Gasteiger partial charge in [-0.2, -0.15) is 0 Å². The van der Waals surface area contributed by atoms with Crippen molar-refractivity contribution >= 4 is 21.8 Å². The SMILES string of the molecule is O=C1CCCCN1Cc1nccc(Br)n1. The second kappa shape index (κ2) is 4.70. The first-order chi connectivity index (χ1) is 7.25. The Bertz CT molecular complexity index is 369. The van der Waals surface area contributed by atoms with Crippen LogP contribution >= 0.6 is 15.9 Å². The van der Waals surface area contributed by atoms with E-state index in [4.69, 9.17) is 0 Å². The van der Waals surface area contributed by atoms with Crippen LogP contribution < -0.4 is 0 Å². The van der Waals surface area contributed by atoms with Crippen molar-refractivity contribution in [1.82, 2.24) is 14.9 Å². The van der Waals surface area contributed by atoms with Gasteiger partial charge in [0, 0.05) is 19.2 Å². The van der Waals surface area contributed by atoms with Crippen LogP contribution in [0.25, 0.3) is 0 Å². The monoisotopic (exact) mass is 269 g/mol. The van der Waals surface area contributed by atoms with Crippen LogP contribution in [0.15, 0.2) is 16.9 Å². The summed E-state index contributed by atoms with van der Waals surface area (Å²) in [5.41, 5.74) is 0. The van der Waals surface area contributed by atoms with E-state index in [0.29, 0.717) is 18.8 Å². The van der Waals surface area contributed by atoms with Crippen LogP contribution in [0.3, 0.4) is 0 Å². The Morgan fingerprint density at radius 3 is 3.07 bits per heavy atom. The lowest BCUT2D eigenvalue weighted by Crippen LogP contribution is -2.35. The Labute approximate surface area is 96.8 Å². The van der Waals surface area contributed by atoms with Crippen LogP contribution in [0, 0.1) is 0 Å². The van der Waals surface area contributed by atoms with Gasteiger partial charge in [0.25, 0.3) is 0 Å². The molecule has 0 aromatic carbocycles. The van der Waals surface area contributed by atoms with Crippen molar-refractivity contribution in [2.24, 2.45) is 0 Å². The topological polar surface area (TPSA) is 46.1 Å². The summed E-state index contributed by atoms with van der Waals surface area (Å²) in [6.45, 7) is 1.35. The first-order valence-corrected chi connectivity index (χ1v) is 5.80. The van der Waals surface area contributed by atoms with Crippen molar-refractivity contribution in [1.29, 1.82) is 0 Å². The molecule has 0 N–H and O–H groups in total. The summed E-state index contributed by atoms with van der Waals surface area (Å²) in [6, 6.07) is 1.78. The van der Waals surface area contributed by atoms with Crippen molar-refractivity contribution in [3.63, 3.8) is 0 Å². The average molecular weight is 270 g/mol. The molecule has 0 radical (unpaired) electrons. The van der Waals surface area contributed by atoms with Gasteiger partial charge >= 0.3 is 0 Å². The predicted molar refractivity (Wildman–Crippen MR) is 59.0 cm³/mol. The van der Waals surface area contributed by atoms with Gasteiger partial charge in [-0.1, -0.05) is 0 Å². The van der Waals surface area contributed by atoms with Crippen molar-refractivity contribution in [2.75, 3.05) is 6.54 Å². The van der Waals surface area contributed by atoms with E-state index < -0.39 is 0 Å². The molecule has 2 heterocycles. The first kappa shape index (κ1) is 10.5. The molecule has 0 spiro atoms. The molecule has 1 fully saturated rings. The Balaban J connectivity index is 2.04. The van der Waals surface area contributed by atoms with Crippen LogP contribution in [-0.4, -0.2) is 27.3 Å². The molecule has 4 nitrogen and oxygen atoms in total. The Kier molecular flexibility index (Phi) is 3.30. The predicted octanol–water partition coefficient (Wildman–Crippen LogP) is 1.75. The summed E-state index contributed by atoms with van der Waals surface area (Å²) in [5, 5.41) is 0. The number of hydrogen-bond acceptors (Lipinski definition) is 3. The number of carbonyl (C=O) groups is 1. The lowest BCUT2D eigenvalue weighted by Gasteiger charge is -2.25. The summed E-state index contributed by atoms with van der Waals surface area (Å²) >= 11 is 3.29. The standard InChI is InChI=1S/C10H12BrN3O/c11-8-4-5-12-9(13-8)7-14-6-2-1-3-10(14)15/h4-5H,1-3,6-7H2. The van der Waals surface area contributed by atoms with E-state index in [2.05, 4.69) is 25.9 Å². The molecule has 0 unspecified atom stereocenters.